The molecule has 0 aliphatic heterocycles. The van der Waals surface area contributed by atoms with Crippen LogP contribution in [0.1, 0.15) is 16.1 Å². The first-order valence-electron chi connectivity index (χ1n) is 4.23. The summed E-state index contributed by atoms with van der Waals surface area (Å²) in [4.78, 5) is 21.9. The number of carboxylic acids is 1. The number of aromatic nitrogens is 1. The number of pyridine rings is 1. The number of alkyl halides is 3. The fourth-order valence-corrected chi connectivity index (χ4v) is 1.21. The molecule has 0 radical (unpaired) electrons. The second kappa shape index (κ2) is 3.99. The van der Waals surface area contributed by atoms with E-state index in [4.69, 9.17) is 5.11 Å². The molecule has 1 N–H and O–H groups in total. The van der Waals surface area contributed by atoms with Crippen LogP contribution >= 0.6 is 0 Å². The third-order valence-electron chi connectivity index (χ3n) is 1.96. The Kier molecular flexibility index (Phi) is 3.06. The van der Waals surface area contributed by atoms with E-state index < -0.39 is 29.8 Å². The van der Waals surface area contributed by atoms with E-state index in [9.17, 15) is 22.8 Å². The van der Waals surface area contributed by atoms with Gasteiger partial charge in [0.05, 0.1) is 0 Å². The zero-order chi connectivity index (χ0) is 12.5. The molecule has 0 aromatic carbocycles. The third kappa shape index (κ3) is 2.62. The second-order valence-corrected chi connectivity index (χ2v) is 3.20. The van der Waals surface area contributed by atoms with E-state index in [2.05, 4.69) is 0 Å². The van der Waals surface area contributed by atoms with Crippen molar-refractivity contribution in [2.75, 3.05) is 0 Å². The molecule has 0 saturated carbocycles. The second-order valence-electron chi connectivity index (χ2n) is 3.20. The van der Waals surface area contributed by atoms with Crippen molar-refractivity contribution in [3.63, 3.8) is 0 Å². The first kappa shape index (κ1) is 12.3. The molecule has 0 unspecified atom stereocenters. The summed E-state index contributed by atoms with van der Waals surface area (Å²) in [7, 11) is 0. The minimum Gasteiger partial charge on any atom is -0.477 e. The van der Waals surface area contributed by atoms with Gasteiger partial charge in [0, 0.05) is 5.69 Å². The fourth-order valence-electron chi connectivity index (χ4n) is 1.21. The van der Waals surface area contributed by atoms with Crippen LogP contribution < -0.4 is 5.56 Å². The Morgan fingerprint density at radius 3 is 2.44 bits per heavy atom. The summed E-state index contributed by atoms with van der Waals surface area (Å²) in [5.41, 5.74) is -1.76. The zero-order valence-electron chi connectivity index (χ0n) is 8.21. The lowest BCUT2D eigenvalue weighted by Crippen LogP contribution is -2.32. The summed E-state index contributed by atoms with van der Waals surface area (Å²) in [6.07, 6.45) is -4.56. The number of nitrogens with zero attached hydrogens (tertiary/aromatic N) is 1. The van der Waals surface area contributed by atoms with Gasteiger partial charge in [-0.3, -0.25) is 4.79 Å². The third-order valence-corrected chi connectivity index (χ3v) is 1.96. The summed E-state index contributed by atoms with van der Waals surface area (Å²) < 4.78 is 36.8. The van der Waals surface area contributed by atoms with Crippen molar-refractivity contribution < 1.29 is 23.1 Å². The van der Waals surface area contributed by atoms with E-state index in [1.165, 1.54) is 6.92 Å². The molecule has 16 heavy (non-hydrogen) atoms. The minimum atomic E-state index is -4.56. The molecule has 1 aromatic heterocycles. The van der Waals surface area contributed by atoms with Crippen molar-refractivity contribution in [1.82, 2.24) is 4.57 Å². The van der Waals surface area contributed by atoms with Crippen molar-refractivity contribution in [2.24, 2.45) is 0 Å². The molecular weight excluding hydrogens is 227 g/mol. The molecule has 0 amide bonds. The van der Waals surface area contributed by atoms with Gasteiger partial charge in [0.15, 0.2) is 0 Å². The molecule has 4 nitrogen and oxygen atoms in total. The molecule has 7 heteroatoms. The van der Waals surface area contributed by atoms with Crippen LogP contribution in [0.5, 0.6) is 0 Å². The number of hydrogen-bond acceptors (Lipinski definition) is 2. The lowest BCUT2D eigenvalue weighted by Gasteiger charge is -2.12. The molecule has 1 rings (SSSR count). The lowest BCUT2D eigenvalue weighted by atomic mass is 10.2. The SMILES string of the molecule is Cc1ccc(C(=O)O)c(=O)n1CC(F)(F)F. The monoisotopic (exact) mass is 235 g/mol. The van der Waals surface area contributed by atoms with Crippen molar-refractivity contribution in [2.45, 2.75) is 19.6 Å². The van der Waals surface area contributed by atoms with Crippen LogP contribution in [0.2, 0.25) is 0 Å². The predicted octanol–water partition coefficient (Wildman–Crippen LogP) is 1.42. The molecule has 0 aliphatic rings. The Hall–Kier alpha value is -1.79. The number of carboxylic acid groups (broad SMARTS) is 1. The summed E-state index contributed by atoms with van der Waals surface area (Å²) in [6, 6.07) is 2.16. The van der Waals surface area contributed by atoms with Gasteiger partial charge >= 0.3 is 12.1 Å². The van der Waals surface area contributed by atoms with Gasteiger partial charge in [-0.05, 0) is 19.1 Å². The van der Waals surface area contributed by atoms with Crippen LogP contribution in [0.4, 0.5) is 13.2 Å². The molecule has 0 saturated heterocycles. The highest BCUT2D eigenvalue weighted by atomic mass is 19.4. The first-order valence-corrected chi connectivity index (χ1v) is 4.23. The van der Waals surface area contributed by atoms with Gasteiger partial charge in [-0.25, -0.2) is 4.79 Å². The van der Waals surface area contributed by atoms with E-state index in [1.54, 1.807) is 0 Å². The first-order chi connectivity index (χ1) is 7.22. The average molecular weight is 235 g/mol. The largest absolute Gasteiger partial charge is 0.477 e. The Morgan fingerprint density at radius 1 is 1.44 bits per heavy atom. The Morgan fingerprint density at radius 2 is 2.00 bits per heavy atom. The van der Waals surface area contributed by atoms with Gasteiger partial charge < -0.3 is 9.67 Å². The number of aryl methyl sites for hydroxylation is 1. The van der Waals surface area contributed by atoms with Crippen LogP contribution in [0, 0.1) is 6.92 Å². The lowest BCUT2D eigenvalue weighted by molar-refractivity contribution is -0.141. The van der Waals surface area contributed by atoms with E-state index >= 15 is 0 Å². The number of hydrogen-bond donors (Lipinski definition) is 1. The zero-order valence-corrected chi connectivity index (χ0v) is 8.21. The topological polar surface area (TPSA) is 59.3 Å². The smallest absolute Gasteiger partial charge is 0.406 e. The van der Waals surface area contributed by atoms with Gasteiger partial charge in [-0.2, -0.15) is 13.2 Å². The van der Waals surface area contributed by atoms with Crippen LogP contribution in [0.15, 0.2) is 16.9 Å². The highest BCUT2D eigenvalue weighted by Gasteiger charge is 2.29. The highest BCUT2D eigenvalue weighted by Crippen LogP contribution is 2.17. The quantitative estimate of drug-likeness (QED) is 0.843. The summed E-state index contributed by atoms with van der Waals surface area (Å²) in [5.74, 6) is -1.54. The Balaban J connectivity index is 3.33. The fraction of sp³-hybridized carbons (Fsp3) is 0.333. The highest BCUT2D eigenvalue weighted by molar-refractivity contribution is 5.87. The van der Waals surface area contributed by atoms with Gasteiger partial charge in [0.2, 0.25) is 0 Å². The molecule has 0 fully saturated rings. The van der Waals surface area contributed by atoms with Gasteiger partial charge in [0.25, 0.3) is 5.56 Å². The van der Waals surface area contributed by atoms with Gasteiger partial charge in [-0.1, -0.05) is 0 Å². The van der Waals surface area contributed by atoms with E-state index in [0.717, 1.165) is 12.1 Å². The Labute approximate surface area is 87.9 Å². The molecule has 0 spiro atoms. The van der Waals surface area contributed by atoms with E-state index in [0.29, 0.717) is 4.57 Å². The predicted molar refractivity (Wildman–Crippen MR) is 48.5 cm³/mol. The Bertz CT molecular complexity index is 476. The summed E-state index contributed by atoms with van der Waals surface area (Å²) in [5, 5.41) is 8.58. The molecule has 0 bridgehead atoms. The average Bonchev–Trinajstić information content (AvgIpc) is 2.10. The number of halogens is 3. The van der Waals surface area contributed by atoms with Crippen molar-refractivity contribution in [1.29, 1.82) is 0 Å². The molecular formula is C9H8F3NO3. The number of carbonyl (C=O) groups is 1. The number of aromatic carboxylic acids is 1. The molecule has 0 atom stereocenters. The molecule has 88 valence electrons. The minimum absolute atomic E-state index is 0.0623. The van der Waals surface area contributed by atoms with Crippen LogP contribution in [-0.2, 0) is 6.54 Å². The van der Waals surface area contributed by atoms with E-state index in [-0.39, 0.29) is 5.69 Å². The van der Waals surface area contributed by atoms with Gasteiger partial charge in [-0.15, -0.1) is 0 Å². The van der Waals surface area contributed by atoms with Crippen molar-refractivity contribution in [3.8, 4) is 0 Å². The van der Waals surface area contributed by atoms with Crippen LogP contribution in [-0.4, -0.2) is 21.8 Å². The summed E-state index contributed by atoms with van der Waals surface area (Å²) in [6.45, 7) is -0.183. The van der Waals surface area contributed by atoms with Crippen LogP contribution in [0.3, 0.4) is 0 Å². The standard InChI is InChI=1S/C9H8F3NO3/c1-5-2-3-6(8(15)16)7(14)13(5)4-9(10,11)12/h2-3H,4H2,1H3,(H,15,16). The maximum absolute atomic E-state index is 12.1. The normalized spacial score (nSPS) is 11.5. The number of rotatable bonds is 2. The maximum Gasteiger partial charge on any atom is 0.406 e. The summed E-state index contributed by atoms with van der Waals surface area (Å²) >= 11 is 0. The van der Waals surface area contributed by atoms with Crippen molar-refractivity contribution >= 4 is 5.97 Å². The van der Waals surface area contributed by atoms with Gasteiger partial charge in [0.1, 0.15) is 12.1 Å². The molecule has 1 heterocycles. The van der Waals surface area contributed by atoms with Crippen molar-refractivity contribution in [3.05, 3.63) is 33.7 Å². The molecule has 0 aliphatic carbocycles. The van der Waals surface area contributed by atoms with Crippen LogP contribution in [0.25, 0.3) is 0 Å². The maximum atomic E-state index is 12.1. The molecule has 1 aromatic rings. The van der Waals surface area contributed by atoms with E-state index in [1.807, 2.05) is 0 Å².